The van der Waals surface area contributed by atoms with Crippen molar-refractivity contribution in [2.24, 2.45) is 0 Å². The molecule has 2 aromatic rings. The van der Waals surface area contributed by atoms with E-state index in [0.29, 0.717) is 30.3 Å². The average molecular weight is 412 g/mol. The number of sulfonamides is 1. The lowest BCUT2D eigenvalue weighted by Gasteiger charge is -2.21. The maximum Gasteiger partial charge on any atom is 0.241 e. The Morgan fingerprint density at radius 3 is 2.54 bits per heavy atom. The van der Waals surface area contributed by atoms with Gasteiger partial charge in [-0.05, 0) is 49.2 Å². The number of hydrogen-bond donors (Lipinski definition) is 1. The number of fused-ring (bicyclic) bond motifs is 1. The number of aryl methyl sites for hydroxylation is 1. The Balaban J connectivity index is 1.86. The highest BCUT2D eigenvalue weighted by Gasteiger charge is 2.22. The van der Waals surface area contributed by atoms with Gasteiger partial charge in [0.15, 0.2) is 11.5 Å². The van der Waals surface area contributed by atoms with Crippen LogP contribution < -0.4 is 14.2 Å². The zero-order valence-electron chi connectivity index (χ0n) is 13.4. The lowest BCUT2D eigenvalue weighted by molar-refractivity contribution is 0.171. The molecule has 0 aliphatic carbocycles. The quantitative estimate of drug-likeness (QED) is 0.834. The molecule has 0 amide bonds. The van der Waals surface area contributed by atoms with Gasteiger partial charge in [0.25, 0.3) is 0 Å². The van der Waals surface area contributed by atoms with Crippen LogP contribution in [0.1, 0.15) is 24.1 Å². The number of rotatable bonds is 4. The van der Waals surface area contributed by atoms with Crippen molar-refractivity contribution in [3.05, 3.63) is 52.0 Å². The van der Waals surface area contributed by atoms with Gasteiger partial charge in [-0.15, -0.1) is 0 Å². The van der Waals surface area contributed by atoms with Crippen molar-refractivity contribution in [2.75, 3.05) is 13.2 Å². The van der Waals surface area contributed by atoms with Gasteiger partial charge in [0, 0.05) is 10.5 Å². The minimum absolute atomic E-state index is 0.265. The van der Waals surface area contributed by atoms with Crippen molar-refractivity contribution in [1.82, 2.24) is 4.72 Å². The summed E-state index contributed by atoms with van der Waals surface area (Å²) in [5, 5.41) is 0. The van der Waals surface area contributed by atoms with Gasteiger partial charge in [-0.2, -0.15) is 0 Å². The Morgan fingerprint density at radius 1 is 1.08 bits per heavy atom. The summed E-state index contributed by atoms with van der Waals surface area (Å²) in [5.41, 5.74) is 1.51. The minimum Gasteiger partial charge on any atom is -0.486 e. The van der Waals surface area contributed by atoms with Crippen molar-refractivity contribution < 1.29 is 17.9 Å². The van der Waals surface area contributed by atoms with E-state index in [0.717, 1.165) is 10.0 Å². The Bertz CT molecular complexity index is 867. The summed E-state index contributed by atoms with van der Waals surface area (Å²) in [6.45, 7) is 4.59. The molecule has 1 atom stereocenters. The lowest BCUT2D eigenvalue weighted by atomic mass is 10.1. The molecule has 0 bridgehead atoms. The summed E-state index contributed by atoms with van der Waals surface area (Å²) in [6, 6.07) is 10.3. The summed E-state index contributed by atoms with van der Waals surface area (Å²) in [4.78, 5) is 0.265. The molecule has 0 aromatic heterocycles. The van der Waals surface area contributed by atoms with Gasteiger partial charge in [0.1, 0.15) is 13.2 Å². The average Bonchev–Trinajstić information content (AvgIpc) is 2.56. The maximum absolute atomic E-state index is 12.7. The maximum atomic E-state index is 12.7. The summed E-state index contributed by atoms with van der Waals surface area (Å²) < 4.78 is 39.9. The van der Waals surface area contributed by atoms with Gasteiger partial charge in [-0.25, -0.2) is 13.1 Å². The predicted molar refractivity (Wildman–Crippen MR) is 95.0 cm³/mol. The Kier molecular flexibility index (Phi) is 4.85. The smallest absolute Gasteiger partial charge is 0.241 e. The fourth-order valence-corrected chi connectivity index (χ4v) is 4.57. The van der Waals surface area contributed by atoms with Crippen LogP contribution in [0.15, 0.2) is 45.8 Å². The Hall–Kier alpha value is -1.57. The highest BCUT2D eigenvalue weighted by atomic mass is 79.9. The lowest BCUT2D eigenvalue weighted by Crippen LogP contribution is -2.27. The molecule has 5 nitrogen and oxygen atoms in total. The highest BCUT2D eigenvalue weighted by molar-refractivity contribution is 9.10. The molecule has 0 fully saturated rings. The molecule has 0 saturated carbocycles. The van der Waals surface area contributed by atoms with E-state index in [1.807, 2.05) is 18.2 Å². The van der Waals surface area contributed by atoms with Crippen molar-refractivity contribution in [2.45, 2.75) is 24.8 Å². The number of ether oxygens (including phenoxy) is 2. The molecule has 3 rings (SSSR count). The fourth-order valence-electron chi connectivity index (χ4n) is 2.56. The first-order chi connectivity index (χ1) is 11.4. The molecular formula is C17H18BrNO4S. The summed E-state index contributed by atoms with van der Waals surface area (Å²) >= 11 is 3.32. The molecule has 1 heterocycles. The zero-order valence-corrected chi connectivity index (χ0v) is 15.8. The van der Waals surface area contributed by atoms with Crippen LogP contribution in [-0.2, 0) is 10.0 Å². The van der Waals surface area contributed by atoms with Crippen LogP contribution in [0.2, 0.25) is 0 Å². The normalized spacial score (nSPS) is 15.1. The van der Waals surface area contributed by atoms with Crippen molar-refractivity contribution in [3.63, 3.8) is 0 Å². The van der Waals surface area contributed by atoms with E-state index in [1.165, 1.54) is 0 Å². The molecule has 0 radical (unpaired) electrons. The molecule has 0 spiro atoms. The van der Waals surface area contributed by atoms with Gasteiger partial charge in [-0.1, -0.05) is 28.1 Å². The zero-order chi connectivity index (χ0) is 17.3. The largest absolute Gasteiger partial charge is 0.486 e. The van der Waals surface area contributed by atoms with E-state index >= 15 is 0 Å². The third-order valence-electron chi connectivity index (χ3n) is 3.84. The predicted octanol–water partition coefficient (Wildman–Crippen LogP) is 3.57. The van der Waals surface area contributed by atoms with Crippen LogP contribution in [0.3, 0.4) is 0 Å². The SMILES string of the molecule is Cc1ccc(Br)cc1S(=O)(=O)N[C@H](C)c1ccc2c(c1)OCCO2. The van der Waals surface area contributed by atoms with E-state index in [1.54, 1.807) is 32.0 Å². The van der Waals surface area contributed by atoms with E-state index in [9.17, 15) is 8.42 Å². The van der Waals surface area contributed by atoms with Gasteiger partial charge < -0.3 is 9.47 Å². The van der Waals surface area contributed by atoms with Crippen molar-refractivity contribution >= 4 is 26.0 Å². The summed E-state index contributed by atoms with van der Waals surface area (Å²) in [7, 11) is -3.63. The second-order valence-corrected chi connectivity index (χ2v) is 8.25. The highest BCUT2D eigenvalue weighted by Crippen LogP contribution is 2.33. The third kappa shape index (κ3) is 3.58. The van der Waals surface area contributed by atoms with Gasteiger partial charge >= 0.3 is 0 Å². The molecule has 24 heavy (non-hydrogen) atoms. The number of nitrogens with one attached hydrogen (secondary N) is 1. The van der Waals surface area contributed by atoms with Gasteiger partial charge in [-0.3, -0.25) is 0 Å². The van der Waals surface area contributed by atoms with Crippen LogP contribution in [0.4, 0.5) is 0 Å². The second-order valence-electron chi connectivity index (χ2n) is 5.66. The van der Waals surface area contributed by atoms with E-state index in [2.05, 4.69) is 20.7 Å². The molecule has 1 aliphatic heterocycles. The second kappa shape index (κ2) is 6.74. The summed E-state index contributed by atoms with van der Waals surface area (Å²) in [6.07, 6.45) is 0. The molecule has 128 valence electrons. The summed E-state index contributed by atoms with van der Waals surface area (Å²) in [5.74, 6) is 1.33. The standard InChI is InChI=1S/C17H18BrNO4S/c1-11-3-5-14(18)10-17(11)24(20,21)19-12(2)13-4-6-15-16(9-13)23-8-7-22-15/h3-6,9-10,12,19H,7-8H2,1-2H3/t12-/m1/s1. The van der Waals surface area contributed by atoms with Crippen LogP contribution in [0.5, 0.6) is 11.5 Å². The van der Waals surface area contributed by atoms with Crippen LogP contribution >= 0.6 is 15.9 Å². The van der Waals surface area contributed by atoms with Crippen molar-refractivity contribution in [1.29, 1.82) is 0 Å². The van der Waals surface area contributed by atoms with Crippen LogP contribution in [0.25, 0.3) is 0 Å². The molecule has 0 saturated heterocycles. The number of halogens is 1. The monoisotopic (exact) mass is 411 g/mol. The number of benzene rings is 2. The van der Waals surface area contributed by atoms with Gasteiger partial charge in [0.05, 0.1) is 4.90 Å². The molecule has 1 N–H and O–H groups in total. The fraction of sp³-hybridized carbons (Fsp3) is 0.294. The molecular weight excluding hydrogens is 394 g/mol. The van der Waals surface area contributed by atoms with Crippen molar-refractivity contribution in [3.8, 4) is 11.5 Å². The molecule has 2 aromatic carbocycles. The molecule has 7 heteroatoms. The van der Waals surface area contributed by atoms with E-state index in [-0.39, 0.29) is 4.90 Å². The van der Waals surface area contributed by atoms with Crippen LogP contribution in [-0.4, -0.2) is 21.6 Å². The van der Waals surface area contributed by atoms with E-state index in [4.69, 9.17) is 9.47 Å². The Labute approximate surface area is 150 Å². The van der Waals surface area contributed by atoms with E-state index < -0.39 is 16.1 Å². The first-order valence-corrected chi connectivity index (χ1v) is 9.82. The minimum atomic E-state index is -3.63. The Morgan fingerprint density at radius 2 is 1.79 bits per heavy atom. The topological polar surface area (TPSA) is 64.6 Å². The van der Waals surface area contributed by atoms with Gasteiger partial charge in [0.2, 0.25) is 10.0 Å². The first-order valence-electron chi connectivity index (χ1n) is 7.55. The third-order valence-corrected chi connectivity index (χ3v) is 6.01. The number of hydrogen-bond acceptors (Lipinski definition) is 4. The molecule has 1 aliphatic rings. The first kappa shape index (κ1) is 17.3. The van der Waals surface area contributed by atoms with Crippen LogP contribution in [0, 0.1) is 6.92 Å². The molecule has 0 unspecified atom stereocenters.